The second kappa shape index (κ2) is 6.62. The van der Waals surface area contributed by atoms with E-state index in [0.717, 1.165) is 29.1 Å². The van der Waals surface area contributed by atoms with Crippen molar-refractivity contribution in [2.75, 3.05) is 11.4 Å². The zero-order valence-corrected chi connectivity index (χ0v) is 14.4. The number of hydrogen-bond acceptors (Lipinski definition) is 3. The molecule has 0 spiro atoms. The van der Waals surface area contributed by atoms with Gasteiger partial charge in [0.2, 0.25) is 0 Å². The van der Waals surface area contributed by atoms with E-state index in [2.05, 4.69) is 74.1 Å². The van der Waals surface area contributed by atoms with Gasteiger partial charge in [0.1, 0.15) is 0 Å². The first-order valence-electron chi connectivity index (χ1n) is 7.18. The van der Waals surface area contributed by atoms with Crippen LogP contribution in [-0.2, 0) is 5.33 Å². The highest BCUT2D eigenvalue weighted by atomic mass is 79.9. The predicted octanol–water partition coefficient (Wildman–Crippen LogP) is 5.23. The van der Waals surface area contributed by atoms with Crippen LogP contribution in [0.4, 0.5) is 11.5 Å². The molecule has 0 bridgehead atoms. The van der Waals surface area contributed by atoms with Gasteiger partial charge >= 0.3 is 0 Å². The molecule has 21 heavy (non-hydrogen) atoms. The molecule has 0 N–H and O–H groups in total. The predicted molar refractivity (Wildman–Crippen MR) is 94.1 cm³/mol. The summed E-state index contributed by atoms with van der Waals surface area (Å²) in [6.07, 6.45) is 4.42. The molecule has 0 unspecified atom stereocenters. The SMILES string of the molecule is CCCCN(c1ccccc1)c1nc2sccn2c1CBr. The highest BCUT2D eigenvalue weighted by molar-refractivity contribution is 9.08. The number of anilines is 2. The van der Waals surface area contributed by atoms with Crippen molar-refractivity contribution in [1.29, 1.82) is 0 Å². The van der Waals surface area contributed by atoms with Crippen molar-refractivity contribution in [3.63, 3.8) is 0 Å². The lowest BCUT2D eigenvalue weighted by molar-refractivity contribution is 0.779. The van der Waals surface area contributed by atoms with Crippen LogP contribution in [0.3, 0.4) is 0 Å². The second-order valence-electron chi connectivity index (χ2n) is 4.91. The van der Waals surface area contributed by atoms with Crippen LogP contribution in [0.1, 0.15) is 25.5 Å². The number of alkyl halides is 1. The van der Waals surface area contributed by atoms with Crippen molar-refractivity contribution in [3.05, 3.63) is 47.6 Å². The van der Waals surface area contributed by atoms with Gasteiger partial charge in [-0.2, -0.15) is 0 Å². The van der Waals surface area contributed by atoms with Crippen molar-refractivity contribution < 1.29 is 0 Å². The molecular weight excluding hydrogens is 346 g/mol. The van der Waals surface area contributed by atoms with Gasteiger partial charge in [-0.05, 0) is 18.6 Å². The lowest BCUT2D eigenvalue weighted by atomic mass is 10.2. The third-order valence-corrected chi connectivity index (χ3v) is 4.81. The maximum absolute atomic E-state index is 4.85. The van der Waals surface area contributed by atoms with Crippen LogP contribution in [0, 0.1) is 0 Å². The Kier molecular flexibility index (Phi) is 4.60. The van der Waals surface area contributed by atoms with E-state index in [1.807, 2.05) is 0 Å². The molecular formula is C16H18BrN3S. The fourth-order valence-electron chi connectivity index (χ4n) is 2.44. The number of halogens is 1. The fourth-order valence-corrected chi connectivity index (χ4v) is 3.69. The van der Waals surface area contributed by atoms with Gasteiger partial charge in [-0.25, -0.2) is 4.98 Å². The Labute approximate surface area is 137 Å². The molecule has 110 valence electrons. The Hall–Kier alpha value is -1.33. The summed E-state index contributed by atoms with van der Waals surface area (Å²) in [7, 11) is 0. The van der Waals surface area contributed by atoms with Gasteiger partial charge in [0, 0.05) is 29.1 Å². The Balaban J connectivity index is 2.07. The van der Waals surface area contributed by atoms with E-state index in [-0.39, 0.29) is 0 Å². The van der Waals surface area contributed by atoms with Crippen LogP contribution in [0.2, 0.25) is 0 Å². The number of imidazole rings is 1. The lowest BCUT2D eigenvalue weighted by Gasteiger charge is -2.23. The van der Waals surface area contributed by atoms with Gasteiger partial charge in [-0.1, -0.05) is 47.5 Å². The molecule has 0 saturated heterocycles. The minimum atomic E-state index is 0.801. The summed E-state index contributed by atoms with van der Waals surface area (Å²) in [6, 6.07) is 10.5. The Morgan fingerprint density at radius 2 is 2.10 bits per heavy atom. The summed E-state index contributed by atoms with van der Waals surface area (Å²) >= 11 is 5.30. The van der Waals surface area contributed by atoms with Crippen LogP contribution >= 0.6 is 27.3 Å². The Morgan fingerprint density at radius 3 is 2.81 bits per heavy atom. The first-order valence-corrected chi connectivity index (χ1v) is 9.18. The van der Waals surface area contributed by atoms with Crippen LogP contribution < -0.4 is 4.90 Å². The van der Waals surface area contributed by atoms with Crippen molar-refractivity contribution in [2.45, 2.75) is 25.1 Å². The molecule has 0 atom stereocenters. The number of rotatable bonds is 6. The number of thiazole rings is 1. The van der Waals surface area contributed by atoms with Gasteiger partial charge in [-0.3, -0.25) is 4.40 Å². The average molecular weight is 364 g/mol. The minimum absolute atomic E-state index is 0.801. The van der Waals surface area contributed by atoms with E-state index in [9.17, 15) is 0 Å². The van der Waals surface area contributed by atoms with E-state index >= 15 is 0 Å². The third kappa shape index (κ3) is 2.85. The van der Waals surface area contributed by atoms with Crippen molar-refractivity contribution >= 4 is 43.7 Å². The molecule has 0 amide bonds. The largest absolute Gasteiger partial charge is 0.325 e. The summed E-state index contributed by atoms with van der Waals surface area (Å²) in [4.78, 5) is 8.24. The molecule has 0 saturated carbocycles. The number of benzene rings is 1. The standard InChI is InChI=1S/C16H18BrN3S/c1-2-3-9-19(13-7-5-4-6-8-13)15-14(12-17)20-10-11-21-16(20)18-15/h4-8,10-11H,2-3,9,12H2,1H3. The highest BCUT2D eigenvalue weighted by Crippen LogP contribution is 2.31. The number of para-hydroxylation sites is 1. The van der Waals surface area contributed by atoms with Crippen molar-refractivity contribution in [3.8, 4) is 0 Å². The molecule has 0 aliphatic rings. The normalized spacial score (nSPS) is 11.1. The number of nitrogens with zero attached hydrogens (tertiary/aromatic N) is 3. The van der Waals surface area contributed by atoms with Crippen molar-refractivity contribution in [1.82, 2.24) is 9.38 Å². The summed E-state index contributed by atoms with van der Waals surface area (Å²) in [6.45, 7) is 3.21. The van der Waals surface area contributed by atoms with Gasteiger partial charge < -0.3 is 4.90 Å². The third-order valence-electron chi connectivity index (χ3n) is 3.53. The first kappa shape index (κ1) is 14.6. The van der Waals surface area contributed by atoms with Crippen LogP contribution in [0.25, 0.3) is 4.96 Å². The topological polar surface area (TPSA) is 20.5 Å². The van der Waals surface area contributed by atoms with Crippen LogP contribution in [0.15, 0.2) is 41.9 Å². The van der Waals surface area contributed by atoms with Crippen LogP contribution in [-0.4, -0.2) is 15.9 Å². The number of aromatic nitrogens is 2. The van der Waals surface area contributed by atoms with Crippen molar-refractivity contribution in [2.24, 2.45) is 0 Å². The van der Waals surface area contributed by atoms with E-state index in [1.165, 1.54) is 17.8 Å². The molecule has 1 aromatic carbocycles. The zero-order valence-electron chi connectivity index (χ0n) is 12.0. The monoisotopic (exact) mass is 363 g/mol. The second-order valence-corrected chi connectivity index (χ2v) is 6.35. The Morgan fingerprint density at radius 1 is 1.29 bits per heavy atom. The summed E-state index contributed by atoms with van der Waals surface area (Å²) in [5.74, 6) is 1.07. The van der Waals surface area contributed by atoms with Gasteiger partial charge in [0.05, 0.1) is 5.69 Å². The first-order chi connectivity index (χ1) is 10.3. The molecule has 2 heterocycles. The van der Waals surface area contributed by atoms with Gasteiger partial charge in [0.25, 0.3) is 0 Å². The zero-order chi connectivity index (χ0) is 14.7. The summed E-state index contributed by atoms with van der Waals surface area (Å²) in [5, 5.41) is 2.88. The fraction of sp³-hybridized carbons (Fsp3) is 0.312. The smallest absolute Gasteiger partial charge is 0.195 e. The summed E-state index contributed by atoms with van der Waals surface area (Å²) in [5.41, 5.74) is 2.42. The molecule has 0 radical (unpaired) electrons. The van der Waals surface area contributed by atoms with Crippen LogP contribution in [0.5, 0.6) is 0 Å². The Bertz CT molecular complexity index is 705. The maximum Gasteiger partial charge on any atom is 0.195 e. The van der Waals surface area contributed by atoms with E-state index in [4.69, 9.17) is 4.98 Å². The maximum atomic E-state index is 4.85. The lowest BCUT2D eigenvalue weighted by Crippen LogP contribution is -2.20. The molecule has 3 aromatic rings. The van der Waals surface area contributed by atoms with E-state index in [0.29, 0.717) is 0 Å². The highest BCUT2D eigenvalue weighted by Gasteiger charge is 2.19. The molecule has 3 rings (SSSR count). The number of unbranched alkanes of at least 4 members (excludes halogenated alkanes) is 1. The molecule has 3 nitrogen and oxygen atoms in total. The minimum Gasteiger partial charge on any atom is -0.325 e. The van der Waals surface area contributed by atoms with Gasteiger partial charge in [-0.15, -0.1) is 11.3 Å². The van der Waals surface area contributed by atoms with Gasteiger partial charge in [0.15, 0.2) is 10.8 Å². The number of hydrogen-bond donors (Lipinski definition) is 0. The quantitative estimate of drug-likeness (QED) is 0.559. The van der Waals surface area contributed by atoms with E-state index in [1.54, 1.807) is 11.3 Å². The molecule has 0 aliphatic carbocycles. The molecule has 0 aliphatic heterocycles. The molecule has 0 fully saturated rings. The average Bonchev–Trinajstić information content (AvgIpc) is 3.09. The summed E-state index contributed by atoms with van der Waals surface area (Å²) < 4.78 is 2.18. The number of fused-ring (bicyclic) bond motifs is 1. The molecule has 5 heteroatoms. The van der Waals surface area contributed by atoms with E-state index < -0.39 is 0 Å². The molecule has 2 aromatic heterocycles.